The number of nitrogens with one attached hydrogen (secondary N) is 2. The van der Waals surface area contributed by atoms with Crippen LogP contribution in [-0.4, -0.2) is 141 Å². The zero-order valence-corrected chi connectivity index (χ0v) is 60.0. The fourth-order valence-electron chi connectivity index (χ4n) is 9.80. The van der Waals surface area contributed by atoms with Gasteiger partial charge in [0, 0.05) is 52.6 Å². The number of carbonyl (C=O) groups excluding carboxylic acids is 5. The molecular weight excluding hydrogens is 1250 g/mol. The van der Waals surface area contributed by atoms with Crippen molar-refractivity contribution in [3.63, 3.8) is 0 Å². The maximum atomic E-state index is 13.4. The largest absolute Gasteiger partial charge is 0.507 e. The molecular formula is C65H104N2O20P2Si2. The van der Waals surface area contributed by atoms with E-state index in [0.29, 0.717) is 72.0 Å². The van der Waals surface area contributed by atoms with E-state index in [1.165, 1.54) is 28.3 Å². The number of ether oxygens (including phenoxy) is 8. The molecule has 0 radical (unpaired) electrons. The van der Waals surface area contributed by atoms with E-state index < -0.39 is 85.0 Å². The van der Waals surface area contributed by atoms with Crippen LogP contribution in [0.2, 0.25) is 51.4 Å². The third-order valence-corrected chi connectivity index (χ3v) is 22.6. The Bertz CT molecular complexity index is 3070. The number of methoxy groups -OCH3 is 2. The molecule has 2 aromatic carbocycles. The minimum absolute atomic E-state index is 0. The molecule has 2 heterocycles. The molecule has 0 saturated heterocycles. The molecule has 4 N–H and O–H groups in total. The molecule has 0 aliphatic carbocycles. The van der Waals surface area contributed by atoms with Gasteiger partial charge < -0.3 is 57.2 Å². The van der Waals surface area contributed by atoms with Crippen molar-refractivity contribution < 1.29 is 95.1 Å². The molecule has 0 bridgehead atoms. The fourth-order valence-corrected chi connectivity index (χ4v) is 14.2. The number of carboxylic acids is 1. The molecule has 4 unspecified atom stereocenters. The number of rotatable bonds is 37. The first-order chi connectivity index (χ1) is 42.1. The maximum absolute atomic E-state index is 13.4. The Hall–Kier alpha value is -5.85. The van der Waals surface area contributed by atoms with Crippen LogP contribution < -0.4 is 24.4 Å². The van der Waals surface area contributed by atoms with Crippen molar-refractivity contribution in [2.75, 3.05) is 67.2 Å². The Morgan fingerprint density at radius 3 is 1.47 bits per heavy atom. The van der Waals surface area contributed by atoms with Crippen LogP contribution in [0.4, 0.5) is 0 Å². The Morgan fingerprint density at radius 1 is 0.615 bits per heavy atom. The molecule has 512 valence electrons. The number of phenolic OH excluding ortho intramolecular Hbond substituents is 1. The molecule has 0 fully saturated rings. The van der Waals surface area contributed by atoms with Gasteiger partial charge in [-0.1, -0.05) is 94.3 Å². The van der Waals surface area contributed by atoms with Crippen LogP contribution in [0, 0.1) is 25.7 Å². The molecule has 4 rings (SSSR count). The minimum Gasteiger partial charge on any atom is -0.507 e. The van der Waals surface area contributed by atoms with Crippen LogP contribution in [-0.2, 0) is 87.1 Å². The third-order valence-electron chi connectivity index (χ3n) is 15.1. The molecule has 6 atom stereocenters. The summed E-state index contributed by atoms with van der Waals surface area (Å²) in [6, 6.07) is 0.145. The van der Waals surface area contributed by atoms with Crippen molar-refractivity contribution in [2.45, 2.75) is 178 Å². The van der Waals surface area contributed by atoms with Gasteiger partial charge in [0.2, 0.25) is 0 Å². The van der Waals surface area contributed by atoms with E-state index >= 15 is 0 Å². The van der Waals surface area contributed by atoms with E-state index in [2.05, 4.69) is 49.5 Å². The van der Waals surface area contributed by atoms with Crippen molar-refractivity contribution in [3.8, 4) is 23.0 Å². The summed E-state index contributed by atoms with van der Waals surface area (Å²) in [7, 11) is -3.90. The Kier molecular flexibility index (Phi) is 33.7. The molecule has 0 aromatic heterocycles. The third kappa shape index (κ3) is 25.2. The van der Waals surface area contributed by atoms with Crippen molar-refractivity contribution in [1.29, 1.82) is 0 Å². The van der Waals surface area contributed by atoms with E-state index in [0.717, 1.165) is 39.9 Å². The lowest BCUT2D eigenvalue weighted by atomic mass is 9.93. The number of phenols is 1. The number of esters is 5. The summed E-state index contributed by atoms with van der Waals surface area (Å²) in [4.78, 5) is 74.2. The average Bonchev–Trinajstić information content (AvgIpc) is 1.71. The van der Waals surface area contributed by atoms with Crippen LogP contribution in [0.25, 0.3) is 0 Å². The van der Waals surface area contributed by atoms with Crippen molar-refractivity contribution >= 4 is 67.0 Å². The molecule has 2 aliphatic rings. The lowest BCUT2D eigenvalue weighted by Crippen LogP contribution is -2.34. The molecule has 22 nitrogen and oxygen atoms in total. The second-order valence-corrected chi connectivity index (χ2v) is 40.7. The van der Waals surface area contributed by atoms with Crippen LogP contribution in [0.3, 0.4) is 0 Å². The van der Waals surface area contributed by atoms with Gasteiger partial charge in [0.05, 0.1) is 64.8 Å². The molecule has 2 aromatic rings. The molecule has 2 aliphatic heterocycles. The number of allylic oxidation sites excluding steroid dienone is 8. The zero-order chi connectivity index (χ0) is 67.9. The highest BCUT2D eigenvalue weighted by Crippen LogP contribution is 2.46. The van der Waals surface area contributed by atoms with Gasteiger partial charge in [-0.25, -0.2) is 19.8 Å². The Balaban J connectivity index is 0.000000635. The number of fused-ring (bicyclic) bond motifs is 2. The second kappa shape index (κ2) is 37.8. The number of hydrogen-bond acceptors (Lipinski definition) is 19. The number of cyclic esters (lactones) is 2. The average molecular weight is 1350 g/mol. The Morgan fingerprint density at radius 2 is 1.03 bits per heavy atom. The predicted molar refractivity (Wildman–Crippen MR) is 359 cm³/mol. The number of aliphatic carboxylic acids is 1. The minimum atomic E-state index is -3.39. The van der Waals surface area contributed by atoms with E-state index in [1.807, 2.05) is 26.0 Å². The first-order valence-corrected chi connectivity index (χ1v) is 41.5. The highest BCUT2D eigenvalue weighted by Gasteiger charge is 2.35. The number of hydrogen-bond donors (Lipinski definition) is 4. The van der Waals surface area contributed by atoms with Crippen LogP contribution in [0.5, 0.6) is 23.0 Å². The normalized spacial score (nSPS) is 15.9. The summed E-state index contributed by atoms with van der Waals surface area (Å²) >= 11 is 0. The van der Waals surface area contributed by atoms with E-state index in [-0.39, 0.29) is 82.7 Å². The molecule has 0 amide bonds. The van der Waals surface area contributed by atoms with E-state index in [1.54, 1.807) is 66.0 Å². The molecule has 0 saturated carbocycles. The zero-order valence-electron chi connectivity index (χ0n) is 56.2. The lowest BCUT2D eigenvalue weighted by molar-refractivity contribution is -0.148. The van der Waals surface area contributed by atoms with Gasteiger partial charge in [0.25, 0.3) is 15.0 Å². The van der Waals surface area contributed by atoms with Gasteiger partial charge in [0.1, 0.15) is 59.4 Å². The number of carboxylic acid groups (broad SMARTS) is 1. The Labute approximate surface area is 541 Å². The second-order valence-electron chi connectivity index (χ2n) is 24.8. The highest BCUT2D eigenvalue weighted by atomic mass is 31.2. The standard InChI is InChI=1S/C37H62NO10PSi2.C27H38NO10P.CH4/c1-13-45-35(39)28(4)38-49(42,44-6)21-15-14-16-29(36(40)47-20-23-51(10,11)12)24-26(2)17-18-30-33(43-5)27(3)31-25-48-37(41)32(31)34(30)46-19-22-50(7,8)9;1-7-37-26(32)18(4)28-39(34,36-6)13-9-8-10-19(25(30)31)14-16(2)11-12-20-23(29)22-21(15-38-27(22)33)17(3)24(20)35-5;/h14-15,17,28-29H,13,16,18-25H2,1-12H3,(H,38,42);8-9,11,18-19,29H,7,10,12-15H2,1-6H3,(H,28,34)(H,30,31);1H4/b15-14+,26-17+;9-8+,16-11+;/t28-,29?,49?;18-,19?,39?;/m00./s1. The summed E-state index contributed by atoms with van der Waals surface area (Å²) in [6.07, 6.45) is 12.4. The SMILES string of the molecule is C.CCOC(=O)[C@H](C)NP(=O)(C/C=C/CC(C/C(C)=C/Cc1c(O)c2c(c(C)c1OC)COC2=O)C(=O)O)OC.CCOC(=O)[C@H](C)NP(=O)(C/C=C/CC(C/C(C)=C/Cc1c(OC)c(C)c2c(c1OCC[Si](C)(C)C)C(=O)OC2)C(=O)OCC[Si](C)(C)C)OC. The highest BCUT2D eigenvalue weighted by molar-refractivity contribution is 7.57. The summed E-state index contributed by atoms with van der Waals surface area (Å²) in [5.41, 5.74) is 6.50. The van der Waals surface area contributed by atoms with Crippen molar-refractivity contribution in [2.24, 2.45) is 11.8 Å². The van der Waals surface area contributed by atoms with Gasteiger partial charge in [-0.05, 0) is 117 Å². The van der Waals surface area contributed by atoms with Gasteiger partial charge >= 0.3 is 35.8 Å². The smallest absolute Gasteiger partial charge is 0.342 e. The van der Waals surface area contributed by atoms with Gasteiger partial charge in [-0.3, -0.25) is 28.3 Å². The first-order valence-electron chi connectivity index (χ1n) is 30.4. The van der Waals surface area contributed by atoms with Gasteiger partial charge in [0.15, 0.2) is 0 Å². The molecule has 26 heteroatoms. The first kappa shape index (κ1) is 81.2. The molecule has 0 spiro atoms. The van der Waals surface area contributed by atoms with Gasteiger partial charge in [-0.15, -0.1) is 0 Å². The topological polar surface area (TPSA) is 293 Å². The van der Waals surface area contributed by atoms with Crippen LogP contribution in [0.1, 0.15) is 129 Å². The monoisotopic (exact) mass is 1350 g/mol. The predicted octanol–water partition coefficient (Wildman–Crippen LogP) is 13.0. The van der Waals surface area contributed by atoms with Crippen LogP contribution in [0.15, 0.2) is 47.6 Å². The number of carbonyl (C=O) groups is 6. The van der Waals surface area contributed by atoms with E-state index in [9.17, 15) is 48.1 Å². The maximum Gasteiger partial charge on any atom is 0.342 e. The lowest BCUT2D eigenvalue weighted by Gasteiger charge is -2.22. The van der Waals surface area contributed by atoms with Gasteiger partial charge in [-0.2, -0.15) is 0 Å². The number of benzene rings is 2. The number of aromatic hydroxyl groups is 1. The summed E-state index contributed by atoms with van der Waals surface area (Å²) in [5, 5.41) is 25.9. The van der Waals surface area contributed by atoms with Crippen molar-refractivity contribution in [3.05, 3.63) is 92.1 Å². The fraction of sp³-hybridized carbons (Fsp3) is 0.600. The van der Waals surface area contributed by atoms with E-state index in [4.69, 9.17) is 46.9 Å². The van der Waals surface area contributed by atoms with Crippen LogP contribution >= 0.6 is 15.0 Å². The summed E-state index contributed by atoms with van der Waals surface area (Å²) in [6.45, 7) is 29.0. The quantitative estimate of drug-likeness (QED) is 0.0161. The summed E-state index contributed by atoms with van der Waals surface area (Å²) in [5.74, 6) is -3.12. The summed E-state index contributed by atoms with van der Waals surface area (Å²) < 4.78 is 80.5. The van der Waals surface area contributed by atoms with Crippen molar-refractivity contribution in [1.82, 2.24) is 10.2 Å². The molecule has 91 heavy (non-hydrogen) atoms.